The number of unbranched alkanes of at least 4 members (excludes halogenated alkanes) is 1. The van der Waals surface area contributed by atoms with Gasteiger partial charge in [0.15, 0.2) is 0 Å². The Morgan fingerprint density at radius 1 is 1.16 bits per heavy atom. The molecule has 4 heteroatoms. The highest BCUT2D eigenvalue weighted by Gasteiger charge is 2.04. The molecule has 2 aromatic rings. The van der Waals surface area contributed by atoms with Gasteiger partial charge in [-0.2, -0.15) is 0 Å². The molecule has 0 unspecified atom stereocenters. The fraction of sp³-hybridized carbons (Fsp3) is 0.333. The van der Waals surface area contributed by atoms with Gasteiger partial charge in [0.25, 0.3) is 0 Å². The Morgan fingerprint density at radius 3 is 2.68 bits per heavy atom. The van der Waals surface area contributed by atoms with Gasteiger partial charge >= 0.3 is 0 Å². The van der Waals surface area contributed by atoms with Crippen LogP contribution in [0.15, 0.2) is 42.7 Å². The first-order chi connectivity index (χ1) is 9.29. The summed E-state index contributed by atoms with van der Waals surface area (Å²) in [6, 6.07) is 12.0. The SMILES string of the molecule is CCCCN(C)c1cc(Nc2ccccc2)ncn1. The van der Waals surface area contributed by atoms with Crippen LogP contribution in [0, 0.1) is 0 Å². The van der Waals surface area contributed by atoms with E-state index in [0.29, 0.717) is 0 Å². The number of aromatic nitrogens is 2. The van der Waals surface area contributed by atoms with Crippen LogP contribution >= 0.6 is 0 Å². The first kappa shape index (κ1) is 13.3. The molecule has 0 atom stereocenters. The Labute approximate surface area is 114 Å². The number of rotatable bonds is 6. The Balaban J connectivity index is 2.06. The van der Waals surface area contributed by atoms with Crippen LogP contribution in [0.3, 0.4) is 0 Å². The Morgan fingerprint density at radius 2 is 1.95 bits per heavy atom. The van der Waals surface area contributed by atoms with Crippen molar-refractivity contribution in [2.45, 2.75) is 19.8 Å². The van der Waals surface area contributed by atoms with Crippen molar-refractivity contribution in [3.8, 4) is 0 Å². The summed E-state index contributed by atoms with van der Waals surface area (Å²) < 4.78 is 0. The molecule has 0 amide bonds. The van der Waals surface area contributed by atoms with E-state index in [1.807, 2.05) is 36.4 Å². The maximum atomic E-state index is 4.31. The van der Waals surface area contributed by atoms with Crippen LogP contribution in [0.1, 0.15) is 19.8 Å². The number of hydrogen-bond acceptors (Lipinski definition) is 4. The van der Waals surface area contributed by atoms with Crippen LogP contribution in [0.25, 0.3) is 0 Å². The molecule has 0 spiro atoms. The van der Waals surface area contributed by atoms with Crippen molar-refractivity contribution in [2.24, 2.45) is 0 Å². The van der Waals surface area contributed by atoms with Crippen LogP contribution in [0.4, 0.5) is 17.3 Å². The van der Waals surface area contributed by atoms with E-state index in [0.717, 1.165) is 23.9 Å². The van der Waals surface area contributed by atoms with E-state index < -0.39 is 0 Å². The highest BCUT2D eigenvalue weighted by atomic mass is 15.2. The third-order valence-electron chi connectivity index (χ3n) is 2.94. The molecule has 1 aromatic heterocycles. The zero-order valence-corrected chi connectivity index (χ0v) is 11.5. The number of nitrogens with one attached hydrogen (secondary N) is 1. The van der Waals surface area contributed by atoms with Gasteiger partial charge in [-0.1, -0.05) is 31.5 Å². The second kappa shape index (κ2) is 6.73. The average Bonchev–Trinajstić information content (AvgIpc) is 2.46. The van der Waals surface area contributed by atoms with E-state index in [1.54, 1.807) is 6.33 Å². The predicted molar refractivity (Wildman–Crippen MR) is 79.9 cm³/mol. The van der Waals surface area contributed by atoms with Crippen LogP contribution in [-0.2, 0) is 0 Å². The maximum Gasteiger partial charge on any atom is 0.135 e. The third kappa shape index (κ3) is 3.95. The van der Waals surface area contributed by atoms with Crippen LogP contribution in [0.5, 0.6) is 0 Å². The van der Waals surface area contributed by atoms with E-state index in [4.69, 9.17) is 0 Å². The molecule has 0 saturated heterocycles. The van der Waals surface area contributed by atoms with Crippen LogP contribution in [-0.4, -0.2) is 23.6 Å². The number of benzene rings is 1. The minimum atomic E-state index is 0.819. The van der Waals surface area contributed by atoms with Gasteiger partial charge in [0.1, 0.15) is 18.0 Å². The van der Waals surface area contributed by atoms with Gasteiger partial charge in [-0.25, -0.2) is 9.97 Å². The second-order valence-electron chi connectivity index (χ2n) is 4.53. The molecule has 19 heavy (non-hydrogen) atoms. The summed E-state index contributed by atoms with van der Waals surface area (Å²) in [5.41, 5.74) is 1.03. The fourth-order valence-corrected chi connectivity index (χ4v) is 1.80. The molecule has 0 aliphatic heterocycles. The predicted octanol–water partition coefficient (Wildman–Crippen LogP) is 3.46. The standard InChI is InChI=1S/C15H20N4/c1-3-4-10-19(2)15-11-14(16-12-17-15)18-13-8-6-5-7-9-13/h5-9,11-12H,3-4,10H2,1-2H3,(H,16,17,18). The molecule has 0 aliphatic carbocycles. The molecule has 1 N–H and O–H groups in total. The largest absolute Gasteiger partial charge is 0.360 e. The molecule has 0 fully saturated rings. The monoisotopic (exact) mass is 256 g/mol. The minimum absolute atomic E-state index is 0.819. The van der Waals surface area contributed by atoms with Gasteiger partial charge < -0.3 is 10.2 Å². The van der Waals surface area contributed by atoms with Crippen molar-refractivity contribution in [3.63, 3.8) is 0 Å². The van der Waals surface area contributed by atoms with Crippen molar-refractivity contribution in [3.05, 3.63) is 42.7 Å². The number of hydrogen-bond donors (Lipinski definition) is 1. The first-order valence-corrected chi connectivity index (χ1v) is 6.65. The normalized spacial score (nSPS) is 10.2. The van der Waals surface area contributed by atoms with Crippen molar-refractivity contribution in [2.75, 3.05) is 23.8 Å². The molecule has 2 rings (SSSR count). The van der Waals surface area contributed by atoms with Crippen molar-refractivity contribution >= 4 is 17.3 Å². The molecule has 4 nitrogen and oxygen atoms in total. The van der Waals surface area contributed by atoms with E-state index in [9.17, 15) is 0 Å². The van der Waals surface area contributed by atoms with E-state index in [1.165, 1.54) is 12.8 Å². The van der Waals surface area contributed by atoms with Gasteiger partial charge in [0.05, 0.1) is 0 Å². The highest BCUT2D eigenvalue weighted by Crippen LogP contribution is 2.17. The molecule has 100 valence electrons. The van der Waals surface area contributed by atoms with Gasteiger partial charge in [0.2, 0.25) is 0 Å². The maximum absolute atomic E-state index is 4.31. The lowest BCUT2D eigenvalue weighted by molar-refractivity contribution is 0.758. The van der Waals surface area contributed by atoms with E-state index in [-0.39, 0.29) is 0 Å². The Bertz CT molecular complexity index is 499. The van der Waals surface area contributed by atoms with Gasteiger partial charge in [-0.15, -0.1) is 0 Å². The molecular weight excluding hydrogens is 236 g/mol. The zero-order valence-electron chi connectivity index (χ0n) is 11.5. The van der Waals surface area contributed by atoms with Gasteiger partial charge in [0, 0.05) is 25.3 Å². The van der Waals surface area contributed by atoms with E-state index in [2.05, 4.69) is 34.2 Å². The lowest BCUT2D eigenvalue weighted by Crippen LogP contribution is -2.19. The number of anilines is 3. The van der Waals surface area contributed by atoms with Gasteiger partial charge in [-0.3, -0.25) is 0 Å². The van der Waals surface area contributed by atoms with Crippen LogP contribution in [0.2, 0.25) is 0 Å². The fourth-order valence-electron chi connectivity index (χ4n) is 1.80. The van der Waals surface area contributed by atoms with Crippen molar-refractivity contribution in [1.82, 2.24) is 9.97 Å². The molecule has 0 radical (unpaired) electrons. The van der Waals surface area contributed by atoms with Crippen molar-refractivity contribution in [1.29, 1.82) is 0 Å². The van der Waals surface area contributed by atoms with Crippen molar-refractivity contribution < 1.29 is 0 Å². The Kier molecular flexibility index (Phi) is 4.72. The first-order valence-electron chi connectivity index (χ1n) is 6.65. The third-order valence-corrected chi connectivity index (χ3v) is 2.94. The summed E-state index contributed by atoms with van der Waals surface area (Å²) in [6.45, 7) is 3.20. The summed E-state index contributed by atoms with van der Waals surface area (Å²) in [4.78, 5) is 10.7. The van der Waals surface area contributed by atoms with E-state index >= 15 is 0 Å². The summed E-state index contributed by atoms with van der Waals surface area (Å²) in [6.07, 6.45) is 3.95. The van der Waals surface area contributed by atoms with Gasteiger partial charge in [-0.05, 0) is 18.6 Å². The molecule has 0 bridgehead atoms. The highest BCUT2D eigenvalue weighted by molar-refractivity contribution is 5.58. The molecule has 1 aromatic carbocycles. The minimum Gasteiger partial charge on any atom is -0.360 e. The molecule has 1 heterocycles. The summed E-state index contributed by atoms with van der Waals surface area (Å²) in [5.74, 6) is 1.77. The number of para-hydroxylation sites is 1. The quantitative estimate of drug-likeness (QED) is 0.859. The lowest BCUT2D eigenvalue weighted by Gasteiger charge is -2.18. The zero-order chi connectivity index (χ0) is 13.5. The molecule has 0 aliphatic rings. The summed E-state index contributed by atoms with van der Waals surface area (Å²) >= 11 is 0. The summed E-state index contributed by atoms with van der Waals surface area (Å²) in [7, 11) is 2.06. The lowest BCUT2D eigenvalue weighted by atomic mass is 10.3. The molecule has 0 saturated carbocycles. The summed E-state index contributed by atoms with van der Waals surface area (Å²) in [5, 5.41) is 3.28. The topological polar surface area (TPSA) is 41.0 Å². The van der Waals surface area contributed by atoms with Crippen LogP contribution < -0.4 is 10.2 Å². The molecular formula is C15H20N4. The Hall–Kier alpha value is -2.10. The average molecular weight is 256 g/mol. The second-order valence-corrected chi connectivity index (χ2v) is 4.53. The number of nitrogens with zero attached hydrogens (tertiary/aromatic N) is 3. The smallest absolute Gasteiger partial charge is 0.135 e.